The molecule has 0 aliphatic rings. The summed E-state index contributed by atoms with van der Waals surface area (Å²) in [5.74, 6) is -1.39. The zero-order valence-electron chi connectivity index (χ0n) is 7.26. The van der Waals surface area contributed by atoms with Crippen LogP contribution in [0.2, 0.25) is 0 Å². The Balaban J connectivity index is 3.82. The van der Waals surface area contributed by atoms with Gasteiger partial charge in [0.05, 0.1) is 0 Å². The highest BCUT2D eigenvalue weighted by Gasteiger charge is 1.99. The summed E-state index contributed by atoms with van der Waals surface area (Å²) in [6, 6.07) is 0. The van der Waals surface area contributed by atoms with Crippen molar-refractivity contribution in [3.63, 3.8) is 0 Å². The molecular formula is C8H13NO3. The van der Waals surface area contributed by atoms with Crippen LogP contribution in [0.15, 0.2) is 11.6 Å². The van der Waals surface area contributed by atoms with Gasteiger partial charge < -0.3 is 10.4 Å². The van der Waals surface area contributed by atoms with E-state index in [2.05, 4.69) is 5.32 Å². The average Bonchev–Trinajstić information content (AvgIpc) is 2.00. The minimum Gasteiger partial charge on any atom is -0.480 e. The molecule has 0 radical (unpaired) electrons. The maximum atomic E-state index is 10.9. The number of allylic oxidation sites excluding steroid dienone is 1. The highest BCUT2D eigenvalue weighted by Crippen LogP contribution is 1.96. The minimum absolute atomic E-state index is 0.327. The Kier molecular flexibility index (Phi) is 4.76. The molecule has 0 fully saturated rings. The zero-order chi connectivity index (χ0) is 9.56. The molecule has 0 heterocycles. The van der Waals surface area contributed by atoms with Crippen molar-refractivity contribution >= 4 is 11.9 Å². The van der Waals surface area contributed by atoms with Crippen molar-refractivity contribution in [1.29, 1.82) is 0 Å². The summed E-state index contributed by atoms with van der Waals surface area (Å²) in [4.78, 5) is 20.9. The van der Waals surface area contributed by atoms with Gasteiger partial charge in [0, 0.05) is 6.08 Å². The van der Waals surface area contributed by atoms with E-state index in [1.54, 1.807) is 0 Å². The molecular weight excluding hydrogens is 158 g/mol. The number of nitrogens with one attached hydrogen (secondary N) is 1. The van der Waals surface area contributed by atoms with E-state index in [9.17, 15) is 9.59 Å². The van der Waals surface area contributed by atoms with E-state index in [4.69, 9.17) is 5.11 Å². The monoisotopic (exact) mass is 171 g/mol. The van der Waals surface area contributed by atoms with E-state index in [0.29, 0.717) is 0 Å². The summed E-state index contributed by atoms with van der Waals surface area (Å²) in [6.07, 6.45) is 2.20. The Morgan fingerprint density at radius 1 is 1.50 bits per heavy atom. The molecule has 1 amide bonds. The van der Waals surface area contributed by atoms with Crippen LogP contribution in [0.1, 0.15) is 20.3 Å². The molecule has 12 heavy (non-hydrogen) atoms. The number of hydrogen-bond donors (Lipinski definition) is 2. The van der Waals surface area contributed by atoms with E-state index in [1.165, 1.54) is 6.08 Å². The summed E-state index contributed by atoms with van der Waals surface area (Å²) >= 11 is 0. The van der Waals surface area contributed by atoms with Gasteiger partial charge in [-0.3, -0.25) is 9.59 Å². The highest BCUT2D eigenvalue weighted by atomic mass is 16.4. The molecule has 4 heteroatoms. The molecule has 2 N–H and O–H groups in total. The minimum atomic E-state index is -1.04. The maximum Gasteiger partial charge on any atom is 0.322 e. The first-order valence-corrected chi connectivity index (χ1v) is 3.73. The fraction of sp³-hybridized carbons (Fsp3) is 0.500. The molecule has 0 aromatic carbocycles. The van der Waals surface area contributed by atoms with Crippen LogP contribution < -0.4 is 5.32 Å². The van der Waals surface area contributed by atoms with Gasteiger partial charge in [0.1, 0.15) is 6.54 Å². The number of carbonyl (C=O) groups is 2. The van der Waals surface area contributed by atoms with Gasteiger partial charge in [-0.15, -0.1) is 0 Å². The molecule has 0 saturated carbocycles. The number of carbonyl (C=O) groups excluding carboxylic acids is 1. The lowest BCUT2D eigenvalue weighted by molar-refractivity contribution is -0.137. The van der Waals surface area contributed by atoms with Crippen LogP contribution in [0.4, 0.5) is 0 Å². The third-order valence-corrected chi connectivity index (χ3v) is 1.35. The molecule has 0 bridgehead atoms. The number of hydrogen-bond acceptors (Lipinski definition) is 2. The third kappa shape index (κ3) is 5.46. The molecule has 0 saturated heterocycles. The standard InChI is InChI=1S/C8H13NO3/c1-3-6(2)4-7(10)9-5-8(11)12/h4H,3,5H2,1-2H3,(H,9,10)(H,11,12)/b6-4-. The second-order valence-electron chi connectivity index (χ2n) is 2.46. The van der Waals surface area contributed by atoms with Crippen LogP contribution in [0.25, 0.3) is 0 Å². The van der Waals surface area contributed by atoms with Crippen molar-refractivity contribution in [2.24, 2.45) is 0 Å². The van der Waals surface area contributed by atoms with E-state index in [1.807, 2.05) is 13.8 Å². The SMILES string of the molecule is CC/C(C)=C\C(=O)NCC(=O)O. The number of aliphatic carboxylic acids is 1. The summed E-state index contributed by atoms with van der Waals surface area (Å²) in [7, 11) is 0. The molecule has 4 nitrogen and oxygen atoms in total. The lowest BCUT2D eigenvalue weighted by Crippen LogP contribution is -2.27. The summed E-state index contributed by atoms with van der Waals surface area (Å²) in [6.45, 7) is 3.42. The van der Waals surface area contributed by atoms with Crippen molar-refractivity contribution in [1.82, 2.24) is 5.32 Å². The lowest BCUT2D eigenvalue weighted by Gasteiger charge is -1.97. The van der Waals surface area contributed by atoms with E-state index in [0.717, 1.165) is 12.0 Å². The molecule has 0 atom stereocenters. The second kappa shape index (κ2) is 5.35. The predicted molar refractivity (Wildman–Crippen MR) is 44.7 cm³/mol. The molecule has 0 aliphatic heterocycles. The molecule has 0 aliphatic carbocycles. The van der Waals surface area contributed by atoms with Gasteiger partial charge in [0.25, 0.3) is 0 Å². The van der Waals surface area contributed by atoms with Gasteiger partial charge in [-0.25, -0.2) is 0 Å². The van der Waals surface area contributed by atoms with Gasteiger partial charge in [-0.05, 0) is 13.3 Å². The molecule has 0 unspecified atom stereocenters. The van der Waals surface area contributed by atoms with Gasteiger partial charge in [0.15, 0.2) is 0 Å². The summed E-state index contributed by atoms with van der Waals surface area (Å²) in [5, 5.41) is 10.5. The molecule has 0 aromatic rings. The van der Waals surface area contributed by atoms with E-state index >= 15 is 0 Å². The van der Waals surface area contributed by atoms with E-state index < -0.39 is 5.97 Å². The van der Waals surface area contributed by atoms with Crippen molar-refractivity contribution in [3.05, 3.63) is 11.6 Å². The van der Waals surface area contributed by atoms with Crippen LogP contribution in [-0.2, 0) is 9.59 Å². The quantitative estimate of drug-likeness (QED) is 0.607. The Labute approximate surface area is 71.3 Å². The largest absolute Gasteiger partial charge is 0.480 e. The van der Waals surface area contributed by atoms with Crippen molar-refractivity contribution < 1.29 is 14.7 Å². The van der Waals surface area contributed by atoms with Gasteiger partial charge >= 0.3 is 5.97 Å². The van der Waals surface area contributed by atoms with Gasteiger partial charge in [0.2, 0.25) is 5.91 Å². The summed E-state index contributed by atoms with van der Waals surface area (Å²) < 4.78 is 0. The number of amides is 1. The number of rotatable bonds is 4. The lowest BCUT2D eigenvalue weighted by atomic mass is 10.2. The van der Waals surface area contributed by atoms with Gasteiger partial charge in [-0.2, -0.15) is 0 Å². The Morgan fingerprint density at radius 2 is 2.08 bits per heavy atom. The second-order valence-corrected chi connectivity index (χ2v) is 2.46. The molecule has 0 spiro atoms. The van der Waals surface area contributed by atoms with E-state index in [-0.39, 0.29) is 12.5 Å². The van der Waals surface area contributed by atoms with Crippen molar-refractivity contribution in [2.45, 2.75) is 20.3 Å². The fourth-order valence-corrected chi connectivity index (χ4v) is 0.540. The zero-order valence-corrected chi connectivity index (χ0v) is 7.26. The van der Waals surface area contributed by atoms with Crippen molar-refractivity contribution in [3.8, 4) is 0 Å². The predicted octanol–water partition coefficient (Wildman–Crippen LogP) is 0.544. The molecule has 0 rings (SSSR count). The first kappa shape index (κ1) is 10.7. The fourth-order valence-electron chi connectivity index (χ4n) is 0.540. The topological polar surface area (TPSA) is 66.4 Å². The van der Waals surface area contributed by atoms with Crippen LogP contribution in [0.3, 0.4) is 0 Å². The maximum absolute atomic E-state index is 10.9. The molecule has 68 valence electrons. The first-order valence-electron chi connectivity index (χ1n) is 3.73. The Hall–Kier alpha value is -1.32. The van der Waals surface area contributed by atoms with Crippen LogP contribution in [-0.4, -0.2) is 23.5 Å². The Morgan fingerprint density at radius 3 is 2.50 bits per heavy atom. The smallest absolute Gasteiger partial charge is 0.322 e. The normalized spacial score (nSPS) is 11.0. The molecule has 0 aromatic heterocycles. The van der Waals surface area contributed by atoms with Crippen molar-refractivity contribution in [2.75, 3.05) is 6.54 Å². The average molecular weight is 171 g/mol. The van der Waals surface area contributed by atoms with Gasteiger partial charge in [-0.1, -0.05) is 12.5 Å². The first-order chi connectivity index (χ1) is 5.56. The number of carboxylic acid groups (broad SMARTS) is 1. The summed E-state index contributed by atoms with van der Waals surface area (Å²) in [5.41, 5.74) is 0.929. The number of carboxylic acids is 1. The third-order valence-electron chi connectivity index (χ3n) is 1.35. The Bertz CT molecular complexity index is 208. The van der Waals surface area contributed by atoms with Crippen LogP contribution >= 0.6 is 0 Å². The van der Waals surface area contributed by atoms with Crippen LogP contribution in [0, 0.1) is 0 Å². The van der Waals surface area contributed by atoms with Crippen LogP contribution in [0.5, 0.6) is 0 Å². The highest BCUT2D eigenvalue weighted by molar-refractivity contribution is 5.90.